The van der Waals surface area contributed by atoms with Crippen LogP contribution in [-0.4, -0.2) is 55.9 Å². The van der Waals surface area contributed by atoms with Crippen LogP contribution in [0, 0.1) is 0 Å². The molecule has 4 nitrogen and oxygen atoms in total. The predicted molar refractivity (Wildman–Crippen MR) is 79.6 cm³/mol. The van der Waals surface area contributed by atoms with E-state index in [1.54, 1.807) is 0 Å². The van der Waals surface area contributed by atoms with Gasteiger partial charge in [0.1, 0.15) is 5.25 Å². The van der Waals surface area contributed by atoms with Gasteiger partial charge >= 0.3 is 11.1 Å². The van der Waals surface area contributed by atoms with Gasteiger partial charge in [0.25, 0.3) is 0 Å². The van der Waals surface area contributed by atoms with Crippen LogP contribution < -0.4 is 17.0 Å². The van der Waals surface area contributed by atoms with Gasteiger partial charge in [0.2, 0.25) is 0 Å². The Bertz CT molecular complexity index is 460. The number of carbonyl (C=O) groups is 1. The van der Waals surface area contributed by atoms with Crippen LogP contribution in [-0.2, 0) is 9.53 Å². The smallest absolute Gasteiger partial charge is 0.323 e. The lowest BCUT2D eigenvalue weighted by atomic mass is 10.1. The Morgan fingerprint density at radius 2 is 1.80 bits per heavy atom. The Balaban J connectivity index is 0.00000361. The van der Waals surface area contributed by atoms with E-state index in [1.807, 2.05) is 68.0 Å². The molecule has 0 amide bonds. The molecular weight excluding hydrogens is 340 g/mol. The topological polar surface area (TPSA) is 32.5 Å². The summed E-state index contributed by atoms with van der Waals surface area (Å²) in [5, 5.41) is 0.644. The fourth-order valence-corrected chi connectivity index (χ4v) is 2.82. The van der Waals surface area contributed by atoms with Crippen LogP contribution in [0.15, 0.2) is 30.3 Å². The van der Waals surface area contributed by atoms with E-state index in [-0.39, 0.29) is 28.2 Å². The van der Waals surface area contributed by atoms with Gasteiger partial charge in [-0.25, -0.2) is 0 Å². The fourth-order valence-electron chi connectivity index (χ4n) is 1.70. The molecule has 0 saturated heterocycles. The van der Waals surface area contributed by atoms with Gasteiger partial charge in [-0.2, -0.15) is 0 Å². The minimum Gasteiger partial charge on any atom is -1.00 e. The summed E-state index contributed by atoms with van der Waals surface area (Å²) in [5.41, 5.74) is 0.945. The van der Waals surface area contributed by atoms with E-state index in [0.717, 1.165) is 10.7 Å². The Morgan fingerprint density at radius 1 is 1.25 bits per heavy atom. The molecular formula is C14H21BrN2O2S. The van der Waals surface area contributed by atoms with E-state index in [0.29, 0.717) is 0 Å². The average molecular weight is 361 g/mol. The second-order valence-electron chi connectivity index (χ2n) is 4.50. The molecule has 0 N–H and O–H groups in total. The molecule has 1 rings (SSSR count). The Hall–Kier alpha value is -1.01. The highest BCUT2D eigenvalue weighted by molar-refractivity contribution is 8.14. The van der Waals surface area contributed by atoms with Crippen LogP contribution in [0.3, 0.4) is 0 Å². The molecule has 0 aromatic heterocycles. The van der Waals surface area contributed by atoms with E-state index in [9.17, 15) is 4.79 Å². The first kappa shape index (κ1) is 19.0. The highest BCUT2D eigenvalue weighted by atomic mass is 79.9. The number of methoxy groups -OCH3 is 1. The third kappa shape index (κ3) is 5.17. The van der Waals surface area contributed by atoms with Crippen molar-refractivity contribution in [3.63, 3.8) is 0 Å². The molecule has 1 aromatic carbocycles. The molecule has 0 spiro atoms. The zero-order valence-electron chi connectivity index (χ0n) is 12.5. The Morgan fingerprint density at radius 3 is 2.20 bits per heavy atom. The third-order valence-electron chi connectivity index (χ3n) is 2.51. The maximum Gasteiger partial charge on any atom is 0.323 e. The second-order valence-corrected chi connectivity index (χ2v) is 5.58. The first-order chi connectivity index (χ1) is 8.97. The molecule has 0 saturated carbocycles. The first-order valence-corrected chi connectivity index (χ1v) is 6.86. The molecule has 0 heterocycles. The van der Waals surface area contributed by atoms with E-state index in [4.69, 9.17) is 4.74 Å². The van der Waals surface area contributed by atoms with Crippen LogP contribution >= 0.6 is 11.8 Å². The van der Waals surface area contributed by atoms with Crippen LogP contribution in [0.5, 0.6) is 0 Å². The van der Waals surface area contributed by atoms with Crippen molar-refractivity contribution in [1.82, 2.24) is 4.90 Å². The number of hydrogen-bond acceptors (Lipinski definition) is 3. The van der Waals surface area contributed by atoms with Gasteiger partial charge in [-0.1, -0.05) is 30.3 Å². The van der Waals surface area contributed by atoms with E-state index < -0.39 is 0 Å². The number of rotatable bonds is 3. The lowest BCUT2D eigenvalue weighted by Gasteiger charge is -2.17. The fraction of sp³-hybridized carbons (Fsp3) is 0.429. The molecule has 0 bridgehead atoms. The van der Waals surface area contributed by atoms with Crippen molar-refractivity contribution in [2.45, 2.75) is 5.25 Å². The molecule has 6 heteroatoms. The summed E-state index contributed by atoms with van der Waals surface area (Å²) in [7, 11) is 9.26. The van der Waals surface area contributed by atoms with Gasteiger partial charge in [0, 0.05) is 0 Å². The second kappa shape index (κ2) is 9.02. The molecule has 20 heavy (non-hydrogen) atoms. The summed E-state index contributed by atoms with van der Waals surface area (Å²) < 4.78 is 6.91. The minimum atomic E-state index is -0.356. The Labute approximate surface area is 135 Å². The normalized spacial score (nSPS) is 11.1. The quantitative estimate of drug-likeness (QED) is 0.294. The number of benzene rings is 1. The minimum absolute atomic E-state index is 0. The van der Waals surface area contributed by atoms with Crippen molar-refractivity contribution in [3.05, 3.63) is 35.9 Å². The standard InChI is InChI=1S/C14H21N2O2S.BrH/c1-15(2)14(16(3)4)19-12(13(17)18-5)11-9-7-6-8-10-11;/h6-10,12H,1-5H3;1H/q+1;/p-1. The van der Waals surface area contributed by atoms with Gasteiger partial charge in [0.15, 0.2) is 0 Å². The summed E-state index contributed by atoms with van der Waals surface area (Å²) in [6, 6.07) is 9.67. The van der Waals surface area contributed by atoms with Gasteiger partial charge in [-0.3, -0.25) is 14.3 Å². The monoisotopic (exact) mass is 360 g/mol. The third-order valence-corrected chi connectivity index (χ3v) is 4.15. The highest BCUT2D eigenvalue weighted by Crippen LogP contribution is 2.31. The molecule has 0 radical (unpaired) electrons. The molecule has 0 aliphatic rings. The van der Waals surface area contributed by atoms with Crippen molar-refractivity contribution in [2.24, 2.45) is 0 Å². The van der Waals surface area contributed by atoms with Crippen molar-refractivity contribution in [3.8, 4) is 0 Å². The summed E-state index contributed by atoms with van der Waals surface area (Å²) >= 11 is 1.49. The zero-order chi connectivity index (χ0) is 14.4. The molecule has 0 aliphatic carbocycles. The predicted octanol–water partition coefficient (Wildman–Crippen LogP) is -1.17. The van der Waals surface area contributed by atoms with Crippen molar-refractivity contribution in [2.75, 3.05) is 35.3 Å². The molecule has 1 atom stereocenters. The number of thioether (sulfide) groups is 1. The van der Waals surface area contributed by atoms with Crippen LogP contribution in [0.25, 0.3) is 0 Å². The Kier molecular flexibility index (Phi) is 8.57. The van der Waals surface area contributed by atoms with Crippen LogP contribution in [0.4, 0.5) is 0 Å². The molecule has 1 unspecified atom stereocenters. The number of hydrogen-bond donors (Lipinski definition) is 0. The zero-order valence-corrected chi connectivity index (χ0v) is 14.9. The number of carbonyl (C=O) groups excluding carboxylic acids is 1. The molecule has 0 aliphatic heterocycles. The van der Waals surface area contributed by atoms with E-state index in [1.165, 1.54) is 18.9 Å². The van der Waals surface area contributed by atoms with Crippen LogP contribution in [0.2, 0.25) is 0 Å². The summed E-state index contributed by atoms with van der Waals surface area (Å²) in [6.07, 6.45) is 0. The van der Waals surface area contributed by atoms with Gasteiger partial charge in [-0.15, -0.1) is 0 Å². The van der Waals surface area contributed by atoms with E-state index >= 15 is 0 Å². The number of halogens is 1. The summed E-state index contributed by atoms with van der Waals surface area (Å²) in [6.45, 7) is 0. The van der Waals surface area contributed by atoms with Crippen molar-refractivity contribution < 1.29 is 31.1 Å². The molecule has 0 fully saturated rings. The van der Waals surface area contributed by atoms with Gasteiger partial charge in [0.05, 0.1) is 35.3 Å². The van der Waals surface area contributed by atoms with E-state index in [2.05, 4.69) is 0 Å². The average Bonchev–Trinajstić information content (AvgIpc) is 2.39. The molecule has 1 aromatic rings. The molecule has 112 valence electrons. The van der Waals surface area contributed by atoms with Crippen molar-refractivity contribution in [1.29, 1.82) is 0 Å². The number of esters is 1. The number of nitrogens with zero attached hydrogens (tertiary/aromatic N) is 2. The highest BCUT2D eigenvalue weighted by Gasteiger charge is 2.28. The maximum atomic E-state index is 12.0. The summed E-state index contributed by atoms with van der Waals surface area (Å²) in [5.74, 6) is -0.239. The number of ether oxygens (including phenoxy) is 1. The largest absolute Gasteiger partial charge is 1.00 e. The maximum absolute atomic E-state index is 12.0. The lowest BCUT2D eigenvalue weighted by molar-refractivity contribution is -0.466. The van der Waals surface area contributed by atoms with Gasteiger partial charge in [-0.05, 0) is 17.3 Å². The summed E-state index contributed by atoms with van der Waals surface area (Å²) in [4.78, 5) is 14.0. The lowest BCUT2D eigenvalue weighted by Crippen LogP contribution is -3.00. The van der Waals surface area contributed by atoms with Crippen LogP contribution in [0.1, 0.15) is 10.8 Å². The first-order valence-electron chi connectivity index (χ1n) is 5.98. The SMILES string of the molecule is COC(=O)C(SC(N(C)C)=[N+](C)C)c1ccccc1.[Br-]. The van der Waals surface area contributed by atoms with Crippen molar-refractivity contribution >= 4 is 22.9 Å². The number of amidine groups is 1. The van der Waals surface area contributed by atoms with Gasteiger partial charge < -0.3 is 21.7 Å².